The van der Waals surface area contributed by atoms with Crippen molar-refractivity contribution < 1.29 is 16.8 Å². The third-order valence-electron chi connectivity index (χ3n) is 2.80. The molecular formula is C10H13ClN2O4S2. The van der Waals surface area contributed by atoms with Crippen LogP contribution in [0, 0.1) is 0 Å². The molecule has 0 aromatic carbocycles. The SMILES string of the molecule is O=S1(=O)CCCC(NS(=O)(=O)c2cccnc2Cl)C1. The van der Waals surface area contributed by atoms with Gasteiger partial charge in [0.15, 0.2) is 9.84 Å². The molecule has 1 aliphatic rings. The van der Waals surface area contributed by atoms with Crippen molar-refractivity contribution in [1.82, 2.24) is 9.71 Å². The normalized spacial score (nSPS) is 23.1. The molecule has 0 saturated carbocycles. The predicted octanol–water partition coefficient (Wildman–Crippen LogP) is 0.590. The Kier molecular flexibility index (Phi) is 4.14. The molecule has 1 fully saturated rings. The number of pyridine rings is 1. The molecule has 2 heterocycles. The van der Waals surface area contributed by atoms with Gasteiger partial charge in [-0.2, -0.15) is 0 Å². The van der Waals surface area contributed by atoms with Crippen LogP contribution in [0.1, 0.15) is 12.8 Å². The second kappa shape index (κ2) is 5.35. The minimum Gasteiger partial charge on any atom is -0.243 e. The second-order valence-electron chi connectivity index (χ2n) is 4.37. The standard InChI is InChI=1S/C10H13ClN2O4S2/c11-10-9(4-1-5-12-10)19(16,17)13-8-3-2-6-18(14,15)7-8/h1,4-5,8,13H,2-3,6-7H2. The Morgan fingerprint density at radius 3 is 2.79 bits per heavy atom. The van der Waals surface area contributed by atoms with E-state index in [2.05, 4.69) is 9.71 Å². The quantitative estimate of drug-likeness (QED) is 0.821. The number of hydrogen-bond acceptors (Lipinski definition) is 5. The van der Waals surface area contributed by atoms with E-state index in [1.807, 2.05) is 0 Å². The van der Waals surface area contributed by atoms with E-state index in [1.165, 1.54) is 18.3 Å². The van der Waals surface area contributed by atoms with Crippen LogP contribution in [0.3, 0.4) is 0 Å². The maximum atomic E-state index is 12.1. The van der Waals surface area contributed by atoms with E-state index in [4.69, 9.17) is 11.6 Å². The van der Waals surface area contributed by atoms with E-state index >= 15 is 0 Å². The third-order valence-corrected chi connectivity index (χ3v) is 6.59. The number of nitrogens with one attached hydrogen (secondary N) is 1. The largest absolute Gasteiger partial charge is 0.243 e. The van der Waals surface area contributed by atoms with Crippen LogP contribution in [-0.2, 0) is 19.9 Å². The van der Waals surface area contributed by atoms with E-state index in [1.54, 1.807) is 0 Å². The monoisotopic (exact) mass is 324 g/mol. The first-order valence-corrected chi connectivity index (χ1v) is 9.32. The van der Waals surface area contributed by atoms with Gasteiger partial charge in [0, 0.05) is 12.2 Å². The summed E-state index contributed by atoms with van der Waals surface area (Å²) >= 11 is 5.73. The molecule has 9 heteroatoms. The smallest absolute Gasteiger partial charge is 0.243 e. The Labute approximate surface area is 117 Å². The van der Waals surface area contributed by atoms with Crippen molar-refractivity contribution in [3.63, 3.8) is 0 Å². The van der Waals surface area contributed by atoms with Gasteiger partial charge < -0.3 is 0 Å². The molecule has 1 aromatic rings. The maximum absolute atomic E-state index is 12.1. The van der Waals surface area contributed by atoms with Gasteiger partial charge in [0.05, 0.1) is 11.5 Å². The lowest BCUT2D eigenvalue weighted by Gasteiger charge is -2.22. The van der Waals surface area contributed by atoms with Crippen molar-refractivity contribution in [3.8, 4) is 0 Å². The van der Waals surface area contributed by atoms with Crippen LogP contribution in [0.4, 0.5) is 0 Å². The summed E-state index contributed by atoms with van der Waals surface area (Å²) in [4.78, 5) is 3.56. The summed E-state index contributed by atoms with van der Waals surface area (Å²) < 4.78 is 49.5. The lowest BCUT2D eigenvalue weighted by Crippen LogP contribution is -2.43. The molecule has 1 aromatic heterocycles. The number of sulfonamides is 1. The number of hydrogen-bond donors (Lipinski definition) is 1. The molecule has 1 atom stereocenters. The minimum atomic E-state index is -3.85. The van der Waals surface area contributed by atoms with E-state index in [0.717, 1.165) is 0 Å². The molecule has 0 aliphatic carbocycles. The molecule has 1 N–H and O–H groups in total. The van der Waals surface area contributed by atoms with E-state index in [0.29, 0.717) is 12.8 Å². The zero-order chi connectivity index (χ0) is 14.1. The van der Waals surface area contributed by atoms with Crippen LogP contribution in [0.2, 0.25) is 5.15 Å². The van der Waals surface area contributed by atoms with Crippen LogP contribution in [0.25, 0.3) is 0 Å². The lowest BCUT2D eigenvalue weighted by molar-refractivity contribution is 0.517. The van der Waals surface area contributed by atoms with Crippen molar-refractivity contribution in [2.75, 3.05) is 11.5 Å². The van der Waals surface area contributed by atoms with E-state index < -0.39 is 25.9 Å². The van der Waals surface area contributed by atoms with Crippen LogP contribution < -0.4 is 4.72 Å². The Bertz CT molecular complexity index is 673. The fourth-order valence-corrected chi connectivity index (χ4v) is 5.44. The maximum Gasteiger partial charge on any atom is 0.243 e. The average Bonchev–Trinajstić information content (AvgIpc) is 2.27. The highest BCUT2D eigenvalue weighted by Gasteiger charge is 2.29. The Morgan fingerprint density at radius 2 is 2.16 bits per heavy atom. The molecule has 106 valence electrons. The summed E-state index contributed by atoms with van der Waals surface area (Å²) in [6, 6.07) is 2.17. The molecule has 2 rings (SSSR count). The molecule has 19 heavy (non-hydrogen) atoms. The number of aromatic nitrogens is 1. The highest BCUT2D eigenvalue weighted by molar-refractivity contribution is 7.91. The average molecular weight is 325 g/mol. The zero-order valence-electron chi connectivity index (χ0n) is 9.91. The van der Waals surface area contributed by atoms with Crippen LogP contribution in [0.15, 0.2) is 23.2 Å². The summed E-state index contributed by atoms with van der Waals surface area (Å²) in [7, 11) is -7.02. The van der Waals surface area contributed by atoms with Gasteiger partial charge in [0.2, 0.25) is 10.0 Å². The van der Waals surface area contributed by atoms with Crippen LogP contribution in [-0.4, -0.2) is 39.4 Å². The predicted molar refractivity (Wildman–Crippen MR) is 71.2 cm³/mol. The Morgan fingerprint density at radius 1 is 1.42 bits per heavy atom. The summed E-state index contributed by atoms with van der Waals surface area (Å²) in [6.45, 7) is 0. The van der Waals surface area contributed by atoms with Crippen molar-refractivity contribution >= 4 is 31.5 Å². The molecule has 1 aliphatic heterocycles. The molecule has 0 amide bonds. The lowest BCUT2D eigenvalue weighted by atomic mass is 10.2. The molecule has 0 bridgehead atoms. The number of sulfone groups is 1. The van der Waals surface area contributed by atoms with Gasteiger partial charge in [-0.05, 0) is 25.0 Å². The summed E-state index contributed by atoms with van der Waals surface area (Å²) in [6.07, 6.45) is 2.33. The second-order valence-corrected chi connectivity index (χ2v) is 8.64. The first-order valence-electron chi connectivity index (χ1n) is 5.63. The third kappa shape index (κ3) is 3.65. The fraction of sp³-hybridized carbons (Fsp3) is 0.500. The van der Waals surface area contributed by atoms with Gasteiger partial charge in [-0.3, -0.25) is 0 Å². The van der Waals surface area contributed by atoms with Crippen LogP contribution in [0.5, 0.6) is 0 Å². The van der Waals surface area contributed by atoms with Gasteiger partial charge >= 0.3 is 0 Å². The van der Waals surface area contributed by atoms with Gasteiger partial charge in [0.25, 0.3) is 0 Å². The van der Waals surface area contributed by atoms with Crippen molar-refractivity contribution in [1.29, 1.82) is 0 Å². The van der Waals surface area contributed by atoms with Gasteiger partial charge in [-0.25, -0.2) is 26.5 Å². The first-order chi connectivity index (χ1) is 8.80. The fourth-order valence-electron chi connectivity index (χ4n) is 1.97. The van der Waals surface area contributed by atoms with Gasteiger partial charge in [0.1, 0.15) is 10.0 Å². The van der Waals surface area contributed by atoms with Gasteiger partial charge in [-0.15, -0.1) is 0 Å². The minimum absolute atomic E-state index is 0.110. The van der Waals surface area contributed by atoms with E-state index in [9.17, 15) is 16.8 Å². The molecule has 1 unspecified atom stereocenters. The van der Waals surface area contributed by atoms with Crippen LogP contribution >= 0.6 is 11.6 Å². The van der Waals surface area contributed by atoms with Gasteiger partial charge in [-0.1, -0.05) is 11.6 Å². The molecular weight excluding hydrogens is 312 g/mol. The number of nitrogens with zero attached hydrogens (tertiary/aromatic N) is 1. The van der Waals surface area contributed by atoms with E-state index in [-0.39, 0.29) is 21.6 Å². The molecule has 1 saturated heterocycles. The Balaban J connectivity index is 2.21. The zero-order valence-corrected chi connectivity index (χ0v) is 12.3. The number of halogens is 1. The Hall–Kier alpha value is -0.700. The first kappa shape index (κ1) is 14.7. The summed E-state index contributed by atoms with van der Waals surface area (Å²) in [5.41, 5.74) is 0. The molecule has 0 spiro atoms. The van der Waals surface area contributed by atoms with Crippen molar-refractivity contribution in [2.45, 2.75) is 23.8 Å². The number of rotatable bonds is 3. The summed E-state index contributed by atoms with van der Waals surface area (Å²) in [5.74, 6) is -0.0665. The van der Waals surface area contributed by atoms with Crippen molar-refractivity contribution in [2.24, 2.45) is 0 Å². The summed E-state index contributed by atoms with van der Waals surface area (Å²) in [5, 5.41) is -0.131. The molecule has 0 radical (unpaired) electrons. The highest BCUT2D eigenvalue weighted by atomic mass is 35.5. The highest BCUT2D eigenvalue weighted by Crippen LogP contribution is 2.20. The topological polar surface area (TPSA) is 93.2 Å². The van der Waals surface area contributed by atoms with Crippen molar-refractivity contribution in [3.05, 3.63) is 23.5 Å². The molecule has 6 nitrogen and oxygen atoms in total.